The molecule has 198 valence electrons. The predicted molar refractivity (Wildman–Crippen MR) is 141 cm³/mol. The summed E-state index contributed by atoms with van der Waals surface area (Å²) in [5.74, 6) is -0.0439. The van der Waals surface area contributed by atoms with Crippen molar-refractivity contribution in [2.24, 2.45) is 0 Å². The number of likely N-dealkylation sites (tertiary alicyclic amines) is 1. The Morgan fingerprint density at radius 3 is 2.46 bits per heavy atom. The number of morpholine rings is 1. The van der Waals surface area contributed by atoms with Crippen LogP contribution in [0.2, 0.25) is 0 Å². The molecule has 2 aromatic rings. The van der Waals surface area contributed by atoms with E-state index in [4.69, 9.17) is 14.2 Å². The Labute approximate surface area is 218 Å². The van der Waals surface area contributed by atoms with Crippen LogP contribution in [0.15, 0.2) is 48.0 Å². The molecule has 37 heavy (non-hydrogen) atoms. The van der Waals surface area contributed by atoms with Crippen LogP contribution in [0, 0.1) is 6.92 Å². The number of Topliss-reactive ketones (excluding diaryl/α,β-unsaturated/α-hetero) is 1. The zero-order valence-electron chi connectivity index (χ0n) is 21.9. The summed E-state index contributed by atoms with van der Waals surface area (Å²) in [6.45, 7) is 8.87. The van der Waals surface area contributed by atoms with Gasteiger partial charge in [-0.3, -0.25) is 14.5 Å². The number of hydrogen-bond donors (Lipinski definition) is 1. The molecule has 2 aliphatic heterocycles. The number of carbonyl (C=O) groups is 2. The summed E-state index contributed by atoms with van der Waals surface area (Å²) >= 11 is 0. The van der Waals surface area contributed by atoms with Crippen molar-refractivity contribution in [2.45, 2.75) is 32.7 Å². The third-order valence-electron chi connectivity index (χ3n) is 6.86. The Morgan fingerprint density at radius 2 is 1.81 bits per heavy atom. The number of amides is 1. The smallest absolute Gasteiger partial charge is 0.295 e. The fourth-order valence-corrected chi connectivity index (χ4v) is 4.86. The molecule has 0 radical (unpaired) electrons. The van der Waals surface area contributed by atoms with Crippen molar-refractivity contribution in [3.05, 3.63) is 64.7 Å². The van der Waals surface area contributed by atoms with Crippen LogP contribution in [0.3, 0.4) is 0 Å². The van der Waals surface area contributed by atoms with Crippen LogP contribution in [-0.2, 0) is 14.3 Å². The normalized spacial score (nSPS) is 19.9. The highest BCUT2D eigenvalue weighted by Crippen LogP contribution is 2.40. The Kier molecular flexibility index (Phi) is 8.84. The van der Waals surface area contributed by atoms with Crippen LogP contribution >= 0.6 is 0 Å². The number of aryl methyl sites for hydroxylation is 1. The number of aliphatic hydroxyl groups is 1. The fourth-order valence-electron chi connectivity index (χ4n) is 4.86. The van der Waals surface area contributed by atoms with Crippen molar-refractivity contribution in [1.29, 1.82) is 0 Å². The molecule has 2 saturated heterocycles. The first-order chi connectivity index (χ1) is 17.9. The summed E-state index contributed by atoms with van der Waals surface area (Å²) in [4.78, 5) is 30.4. The Bertz CT molecular complexity index is 1140. The zero-order chi connectivity index (χ0) is 26.4. The lowest BCUT2D eigenvalue weighted by atomic mass is 9.94. The lowest BCUT2D eigenvalue weighted by Gasteiger charge is -2.29. The number of ketones is 1. The summed E-state index contributed by atoms with van der Waals surface area (Å²) in [6, 6.07) is 11.9. The lowest BCUT2D eigenvalue weighted by Crippen LogP contribution is -2.38. The van der Waals surface area contributed by atoms with Crippen LogP contribution in [0.25, 0.3) is 5.76 Å². The number of ether oxygens (including phenoxy) is 3. The highest BCUT2D eigenvalue weighted by molar-refractivity contribution is 6.46. The third-order valence-corrected chi connectivity index (χ3v) is 6.86. The van der Waals surface area contributed by atoms with E-state index in [1.54, 1.807) is 42.3 Å². The molecule has 8 nitrogen and oxygen atoms in total. The van der Waals surface area contributed by atoms with Gasteiger partial charge in [0, 0.05) is 31.7 Å². The molecular formula is C29H36N2O6. The van der Waals surface area contributed by atoms with E-state index in [1.165, 1.54) is 0 Å². The van der Waals surface area contributed by atoms with Crippen LogP contribution < -0.4 is 9.47 Å². The maximum atomic E-state index is 13.3. The van der Waals surface area contributed by atoms with Gasteiger partial charge in [-0.05, 0) is 61.2 Å². The van der Waals surface area contributed by atoms with Crippen molar-refractivity contribution >= 4 is 17.4 Å². The topological polar surface area (TPSA) is 88.5 Å². The molecule has 0 spiro atoms. The summed E-state index contributed by atoms with van der Waals surface area (Å²) in [5.41, 5.74) is 2.17. The number of hydrogen-bond acceptors (Lipinski definition) is 7. The number of rotatable bonds is 10. The van der Waals surface area contributed by atoms with Crippen LogP contribution in [0.5, 0.6) is 11.5 Å². The van der Waals surface area contributed by atoms with E-state index in [0.717, 1.165) is 42.9 Å². The summed E-state index contributed by atoms with van der Waals surface area (Å²) in [6.07, 6.45) is 1.60. The molecular weight excluding hydrogens is 472 g/mol. The van der Waals surface area contributed by atoms with Gasteiger partial charge in [-0.2, -0.15) is 0 Å². The highest BCUT2D eigenvalue weighted by atomic mass is 16.5. The van der Waals surface area contributed by atoms with Crippen molar-refractivity contribution < 1.29 is 28.9 Å². The first-order valence-electron chi connectivity index (χ1n) is 12.9. The molecule has 1 N–H and O–H groups in total. The average molecular weight is 509 g/mol. The standard InChI is InChI=1S/C29H36N2O6/c1-4-16-37-24-11-8-22(19-20(24)2)27(32)25-26(21-6-9-23(35-3)10-7-21)31(29(34)28(25)33)13-5-12-30-14-17-36-18-15-30/h6-11,19,26,32H,4-5,12-18H2,1-3H3. The minimum atomic E-state index is -0.688. The molecule has 0 aliphatic carbocycles. The van der Waals surface area contributed by atoms with Crippen LogP contribution in [0.4, 0.5) is 0 Å². The molecule has 2 aliphatic rings. The van der Waals surface area contributed by atoms with Gasteiger partial charge in [0.15, 0.2) is 0 Å². The lowest BCUT2D eigenvalue weighted by molar-refractivity contribution is -0.140. The quantitative estimate of drug-likeness (QED) is 0.295. The molecule has 1 unspecified atom stereocenters. The second-order valence-corrected chi connectivity index (χ2v) is 9.40. The second-order valence-electron chi connectivity index (χ2n) is 9.40. The maximum absolute atomic E-state index is 13.3. The summed E-state index contributed by atoms with van der Waals surface area (Å²) in [7, 11) is 1.59. The van der Waals surface area contributed by atoms with Gasteiger partial charge in [0.1, 0.15) is 17.3 Å². The minimum absolute atomic E-state index is 0.100. The van der Waals surface area contributed by atoms with E-state index in [1.807, 2.05) is 26.0 Å². The van der Waals surface area contributed by atoms with Crippen molar-refractivity contribution in [2.75, 3.05) is 53.1 Å². The Hall–Kier alpha value is -3.36. The average Bonchev–Trinajstić information content (AvgIpc) is 3.17. The minimum Gasteiger partial charge on any atom is -0.507 e. The molecule has 0 bridgehead atoms. The molecule has 2 heterocycles. The van der Waals surface area contributed by atoms with Gasteiger partial charge in [0.2, 0.25) is 0 Å². The summed E-state index contributed by atoms with van der Waals surface area (Å²) < 4.78 is 16.5. The second kappa shape index (κ2) is 12.3. The zero-order valence-corrected chi connectivity index (χ0v) is 21.9. The molecule has 2 aromatic carbocycles. The first-order valence-corrected chi connectivity index (χ1v) is 12.9. The van der Waals surface area contributed by atoms with E-state index in [0.29, 0.717) is 44.1 Å². The highest BCUT2D eigenvalue weighted by Gasteiger charge is 2.45. The SMILES string of the molecule is CCCOc1ccc(C(O)=C2C(=O)C(=O)N(CCCN3CCOCC3)C2c2ccc(OC)cc2)cc1C. The Morgan fingerprint density at radius 1 is 1.08 bits per heavy atom. The van der Waals surface area contributed by atoms with Crippen LogP contribution in [-0.4, -0.2) is 79.7 Å². The van der Waals surface area contributed by atoms with Gasteiger partial charge in [0.05, 0.1) is 38.5 Å². The number of aliphatic hydroxyl groups excluding tert-OH is 1. The Balaban J connectivity index is 1.67. The van der Waals surface area contributed by atoms with E-state index in [9.17, 15) is 14.7 Å². The summed E-state index contributed by atoms with van der Waals surface area (Å²) in [5, 5.41) is 11.4. The van der Waals surface area contributed by atoms with Gasteiger partial charge in [-0.1, -0.05) is 19.1 Å². The van der Waals surface area contributed by atoms with E-state index in [2.05, 4.69) is 4.90 Å². The van der Waals surface area contributed by atoms with Gasteiger partial charge >= 0.3 is 0 Å². The largest absolute Gasteiger partial charge is 0.507 e. The number of nitrogens with zero attached hydrogens (tertiary/aromatic N) is 2. The van der Waals surface area contributed by atoms with Gasteiger partial charge in [-0.25, -0.2) is 0 Å². The first kappa shape index (κ1) is 26.7. The molecule has 4 rings (SSSR count). The molecule has 1 amide bonds. The molecule has 8 heteroatoms. The van der Waals surface area contributed by atoms with E-state index < -0.39 is 17.7 Å². The number of methoxy groups -OCH3 is 1. The van der Waals surface area contributed by atoms with Gasteiger partial charge < -0.3 is 24.2 Å². The molecule has 2 fully saturated rings. The molecule has 0 aromatic heterocycles. The maximum Gasteiger partial charge on any atom is 0.295 e. The van der Waals surface area contributed by atoms with Crippen molar-refractivity contribution in [3.63, 3.8) is 0 Å². The van der Waals surface area contributed by atoms with E-state index >= 15 is 0 Å². The van der Waals surface area contributed by atoms with Gasteiger partial charge in [-0.15, -0.1) is 0 Å². The monoisotopic (exact) mass is 508 g/mol. The van der Waals surface area contributed by atoms with E-state index in [-0.39, 0.29) is 11.3 Å². The van der Waals surface area contributed by atoms with Crippen molar-refractivity contribution in [3.8, 4) is 11.5 Å². The number of carbonyl (C=O) groups excluding carboxylic acids is 2. The molecule has 0 saturated carbocycles. The molecule has 1 atom stereocenters. The number of benzene rings is 2. The fraction of sp³-hybridized carbons (Fsp3) is 0.448. The van der Waals surface area contributed by atoms with Gasteiger partial charge in [0.25, 0.3) is 11.7 Å². The van der Waals surface area contributed by atoms with Crippen LogP contribution in [0.1, 0.15) is 42.5 Å². The van der Waals surface area contributed by atoms with Crippen molar-refractivity contribution in [1.82, 2.24) is 9.80 Å². The predicted octanol–water partition coefficient (Wildman–Crippen LogP) is 3.94. The third kappa shape index (κ3) is 5.97.